The summed E-state index contributed by atoms with van der Waals surface area (Å²) in [6, 6.07) is 86.1. The maximum absolute atomic E-state index is 8.24. The highest BCUT2D eigenvalue weighted by Crippen LogP contribution is 2.64. The van der Waals surface area contributed by atoms with E-state index in [9.17, 15) is 0 Å². The van der Waals surface area contributed by atoms with E-state index >= 15 is 0 Å². The zero-order valence-electron chi connectivity index (χ0n) is 48.6. The second-order valence-electron chi connectivity index (χ2n) is 23.9. The van der Waals surface area contributed by atoms with Crippen molar-refractivity contribution in [2.45, 2.75) is 33.1 Å². The Morgan fingerprint density at radius 2 is 0.852 bits per heavy atom. The molecule has 1 aliphatic carbocycles. The molecular weight excluding hydrogens is 1070 g/mol. The van der Waals surface area contributed by atoms with Crippen molar-refractivity contribution in [1.29, 1.82) is 0 Å². The van der Waals surface area contributed by atoms with Crippen molar-refractivity contribution in [2.75, 3.05) is 9.80 Å². The molecule has 7 nitrogen and oxygen atoms in total. The minimum absolute atomic E-state index is 0.478. The molecule has 1 spiro atoms. The molecule has 0 atom stereocenters. The molecule has 0 unspecified atom stereocenters. The third-order valence-corrected chi connectivity index (χ3v) is 19.1. The molecule has 1 aliphatic heterocycles. The van der Waals surface area contributed by atoms with Crippen molar-refractivity contribution < 1.29 is 8.83 Å². The molecule has 2 aliphatic rings. The zero-order chi connectivity index (χ0) is 58.8. The Bertz CT molecular complexity index is 5790. The number of hydrogen-bond acceptors (Lipinski definition) is 4. The van der Waals surface area contributed by atoms with Crippen LogP contribution in [0.4, 0.5) is 45.5 Å². The van der Waals surface area contributed by atoms with Gasteiger partial charge >= 0.3 is 0 Å². The number of rotatable bonds is 6. The fourth-order valence-electron chi connectivity index (χ4n) is 15.5. The fourth-order valence-corrected chi connectivity index (χ4v) is 15.5. The Morgan fingerprint density at radius 1 is 0.364 bits per heavy atom. The lowest BCUT2D eigenvalue weighted by Crippen LogP contribution is -2.33. The summed E-state index contributed by atoms with van der Waals surface area (Å²) in [5, 5.41) is 10.7. The Labute approximate surface area is 507 Å². The van der Waals surface area contributed by atoms with Gasteiger partial charge in [-0.3, -0.25) is 0 Å². The monoisotopic (exact) mass is 1130 g/mol. The summed E-state index contributed by atoms with van der Waals surface area (Å²) in [6.45, 7) is 25.1. The molecule has 16 aromatic rings. The normalized spacial score (nSPS) is 12.8. The molecule has 0 N–H and O–H groups in total. The zero-order valence-corrected chi connectivity index (χ0v) is 48.6. The van der Waals surface area contributed by atoms with Crippen LogP contribution >= 0.6 is 0 Å². The molecule has 0 radical (unpaired) electrons. The number of aromatic nitrogens is 1. The van der Waals surface area contributed by atoms with Crippen molar-refractivity contribution in [3.8, 4) is 16.8 Å². The number of hydrogen-bond donors (Lipinski definition) is 0. The molecule has 0 fully saturated rings. The van der Waals surface area contributed by atoms with Gasteiger partial charge in [-0.15, -0.1) is 0 Å². The predicted octanol–water partition coefficient (Wildman–Crippen LogP) is 22.8. The molecule has 13 aromatic carbocycles. The average molecular weight is 1130 g/mol. The Hall–Kier alpha value is -11.6. The predicted molar refractivity (Wildman–Crippen MR) is 362 cm³/mol. The van der Waals surface area contributed by atoms with Crippen LogP contribution < -0.4 is 9.80 Å². The number of nitrogens with zero attached hydrogens (tertiary/aromatic N) is 5. The van der Waals surface area contributed by atoms with E-state index in [2.05, 4.69) is 264 Å². The highest BCUT2D eigenvalue weighted by molar-refractivity contribution is 6.20. The van der Waals surface area contributed by atoms with Gasteiger partial charge in [0.15, 0.2) is 11.2 Å². The van der Waals surface area contributed by atoms with E-state index in [-0.39, 0.29) is 0 Å². The second kappa shape index (κ2) is 18.2. The molecule has 0 saturated carbocycles. The van der Waals surface area contributed by atoms with E-state index < -0.39 is 5.41 Å². The van der Waals surface area contributed by atoms with Crippen LogP contribution in [0, 0.1) is 40.8 Å². The number of furan rings is 2. The molecule has 88 heavy (non-hydrogen) atoms. The molecule has 18 rings (SSSR count). The fraction of sp³-hybridized carbons (Fsp3) is 0.0617. The second-order valence-corrected chi connectivity index (χ2v) is 23.9. The summed E-state index contributed by atoms with van der Waals surface area (Å²) in [5.41, 5.74) is 23.6. The van der Waals surface area contributed by atoms with Gasteiger partial charge in [-0.2, -0.15) is 0 Å². The first-order valence-corrected chi connectivity index (χ1v) is 29.9. The molecular formula is C81H51N5O2. The first kappa shape index (κ1) is 49.8. The first-order valence-electron chi connectivity index (χ1n) is 29.9. The maximum Gasteiger partial charge on any atom is 0.229 e. The summed E-state index contributed by atoms with van der Waals surface area (Å²) in [6.07, 6.45) is 0. The van der Waals surface area contributed by atoms with Crippen LogP contribution in [0.3, 0.4) is 0 Å². The van der Waals surface area contributed by atoms with Gasteiger partial charge in [0.1, 0.15) is 11.2 Å². The van der Waals surface area contributed by atoms with Crippen molar-refractivity contribution in [3.05, 3.63) is 304 Å². The van der Waals surface area contributed by atoms with Crippen LogP contribution in [-0.2, 0) is 5.41 Å². The minimum atomic E-state index is -0.827. The number of anilines is 6. The summed E-state index contributed by atoms with van der Waals surface area (Å²) >= 11 is 0. The van der Waals surface area contributed by atoms with Crippen LogP contribution in [0.1, 0.15) is 44.5 Å². The van der Waals surface area contributed by atoms with E-state index in [4.69, 9.17) is 22.0 Å². The lowest BCUT2D eigenvalue weighted by Gasteiger charge is -2.40. The van der Waals surface area contributed by atoms with Crippen LogP contribution in [0.15, 0.2) is 245 Å². The van der Waals surface area contributed by atoms with Gasteiger partial charge in [0, 0.05) is 55.1 Å². The van der Waals surface area contributed by atoms with Crippen LogP contribution in [0.2, 0.25) is 0 Å². The molecule has 412 valence electrons. The van der Waals surface area contributed by atoms with Crippen LogP contribution in [-0.4, -0.2) is 4.57 Å². The number of aryl methyl sites for hydroxylation is 4. The van der Waals surface area contributed by atoms with Gasteiger partial charge in [0.2, 0.25) is 11.4 Å². The minimum Gasteiger partial charge on any atom is -0.465 e. The Morgan fingerprint density at radius 3 is 1.41 bits per heavy atom. The van der Waals surface area contributed by atoms with Crippen LogP contribution in [0.25, 0.3) is 114 Å². The van der Waals surface area contributed by atoms with E-state index in [0.717, 1.165) is 99.9 Å². The van der Waals surface area contributed by atoms with Gasteiger partial charge in [-0.25, -0.2) is 9.69 Å². The lowest BCUT2D eigenvalue weighted by molar-refractivity contribution is 0.670. The molecule has 0 amide bonds. The highest BCUT2D eigenvalue weighted by atomic mass is 16.3. The summed E-state index contributed by atoms with van der Waals surface area (Å²) < 4.78 is 16.5. The molecule has 0 bridgehead atoms. The molecule has 7 heteroatoms. The number of benzene rings is 13. The van der Waals surface area contributed by atoms with Crippen LogP contribution in [0.5, 0.6) is 0 Å². The van der Waals surface area contributed by atoms with E-state index in [1.807, 2.05) is 24.3 Å². The van der Waals surface area contributed by atoms with Crippen molar-refractivity contribution in [2.24, 2.45) is 0 Å². The average Bonchev–Trinajstić information content (AvgIpc) is 1.51. The maximum atomic E-state index is 8.24. The van der Waals surface area contributed by atoms with Gasteiger partial charge in [0.25, 0.3) is 0 Å². The smallest absolute Gasteiger partial charge is 0.229 e. The van der Waals surface area contributed by atoms with Crippen molar-refractivity contribution in [3.63, 3.8) is 0 Å². The van der Waals surface area contributed by atoms with Gasteiger partial charge < -0.3 is 23.2 Å². The number of para-hydroxylation sites is 5. The van der Waals surface area contributed by atoms with E-state index in [1.165, 1.54) is 60.5 Å². The molecule has 3 aromatic heterocycles. The number of fused-ring (bicyclic) bond motifs is 22. The highest BCUT2D eigenvalue weighted by Gasteiger charge is 2.52. The topological polar surface area (TPSA) is 46.4 Å². The standard InChI is InChI=1S/C81H51N5O2/c1-46-31-38-68(48(3)41-46)84(72-29-15-23-58-56-21-13-26-66(82-5)77(56)87-79(58)72)52-35-40-70-60(43-52)61-44-53(85(69-39-32-47(2)42-49(69)4)73-30-16-24-59-57-22-14-27-67(83-6)78(57)88-80(59)73)45-65-76(61)86(70)71-28-12-11-25-62(71)81(65)63-36-33-50-17-7-9-19-54(50)74(63)75-55-20-10-8-18-51(55)34-37-64(75)81/h7-45H,1-4H3. The van der Waals surface area contributed by atoms with Crippen molar-refractivity contribution in [1.82, 2.24) is 4.57 Å². The Balaban J connectivity index is 1.02. The summed E-state index contributed by atoms with van der Waals surface area (Å²) in [4.78, 5) is 12.6. The lowest BCUT2D eigenvalue weighted by atomic mass is 9.65. The summed E-state index contributed by atoms with van der Waals surface area (Å²) in [5.74, 6) is 0. The SMILES string of the molecule is [C-]#[N+]c1cccc2c1oc1c(N(c3ccc4c(c3)c3cc(N(c5ccc(C)cc5C)c5cccc6c5oc5c([N+]#[C-])cccc56)cc5c3n4-c3ccccc3C53c4ccc5ccccc5c4-c4c3ccc3ccccc43)c3ccc(C)cc3C)cccc12. The molecule has 4 heterocycles. The van der Waals surface area contributed by atoms with E-state index in [1.54, 1.807) is 0 Å². The first-order chi connectivity index (χ1) is 43.2. The van der Waals surface area contributed by atoms with E-state index in [0.29, 0.717) is 33.7 Å². The largest absolute Gasteiger partial charge is 0.465 e. The quantitative estimate of drug-likeness (QED) is 0.156. The molecule has 0 saturated heterocycles. The van der Waals surface area contributed by atoms with Gasteiger partial charge in [-0.1, -0.05) is 187 Å². The van der Waals surface area contributed by atoms with Gasteiger partial charge in [-0.05, 0) is 154 Å². The third-order valence-electron chi connectivity index (χ3n) is 19.1. The van der Waals surface area contributed by atoms with Crippen molar-refractivity contribution >= 4 is 133 Å². The van der Waals surface area contributed by atoms with Gasteiger partial charge in [0.05, 0.1) is 46.7 Å². The summed E-state index contributed by atoms with van der Waals surface area (Å²) in [7, 11) is 0. The third kappa shape index (κ3) is 6.59. The Kier molecular flexibility index (Phi) is 10.3.